The number of aromatic hydroxyl groups is 1. The van der Waals surface area contributed by atoms with Gasteiger partial charge in [-0.1, -0.05) is 0 Å². The molecule has 0 radical (unpaired) electrons. The van der Waals surface area contributed by atoms with E-state index in [9.17, 15) is 5.11 Å². The van der Waals surface area contributed by atoms with Crippen molar-refractivity contribution >= 4 is 15.9 Å². The lowest BCUT2D eigenvalue weighted by molar-refractivity contribution is 0.306. The van der Waals surface area contributed by atoms with E-state index in [-0.39, 0.29) is 5.75 Å². The summed E-state index contributed by atoms with van der Waals surface area (Å²) < 4.78 is 11.1. The van der Waals surface area contributed by atoms with Crippen molar-refractivity contribution < 1.29 is 14.6 Å². The number of nitrogens with two attached hydrogens (primary N) is 1. The third-order valence-electron chi connectivity index (χ3n) is 1.84. The van der Waals surface area contributed by atoms with Gasteiger partial charge in [0.1, 0.15) is 5.75 Å². The molecule has 0 aliphatic carbocycles. The van der Waals surface area contributed by atoms with E-state index in [4.69, 9.17) is 15.2 Å². The van der Waals surface area contributed by atoms with Crippen molar-refractivity contribution in [3.63, 3.8) is 0 Å². The van der Waals surface area contributed by atoms with E-state index < -0.39 is 0 Å². The van der Waals surface area contributed by atoms with Crippen LogP contribution in [0.2, 0.25) is 0 Å². The van der Waals surface area contributed by atoms with Crippen LogP contribution in [0.5, 0.6) is 17.2 Å². The Morgan fingerprint density at radius 3 is 2.73 bits per heavy atom. The molecule has 0 spiro atoms. The van der Waals surface area contributed by atoms with Crippen LogP contribution >= 0.6 is 15.9 Å². The van der Waals surface area contributed by atoms with Crippen molar-refractivity contribution in [1.29, 1.82) is 0 Å². The standard InChI is InChI=1S/C10H14BrNO3/c1-14-10-6-9(15-4-2-3-12)7(11)5-8(10)13/h5-6,13H,2-4,12H2,1H3. The molecule has 0 unspecified atom stereocenters. The van der Waals surface area contributed by atoms with Crippen molar-refractivity contribution in [2.24, 2.45) is 5.73 Å². The van der Waals surface area contributed by atoms with E-state index in [0.717, 1.165) is 6.42 Å². The van der Waals surface area contributed by atoms with Gasteiger partial charge in [-0.15, -0.1) is 0 Å². The number of phenols is 1. The quantitative estimate of drug-likeness (QED) is 0.806. The lowest BCUT2D eigenvalue weighted by atomic mass is 10.3. The molecular formula is C10H14BrNO3. The van der Waals surface area contributed by atoms with Gasteiger partial charge in [0.15, 0.2) is 11.5 Å². The van der Waals surface area contributed by atoms with Crippen LogP contribution in [-0.4, -0.2) is 25.4 Å². The number of hydrogen-bond donors (Lipinski definition) is 2. The normalized spacial score (nSPS) is 10.1. The molecule has 5 heteroatoms. The zero-order chi connectivity index (χ0) is 11.3. The lowest BCUT2D eigenvalue weighted by Crippen LogP contribution is -2.06. The van der Waals surface area contributed by atoms with Crippen LogP contribution in [0.25, 0.3) is 0 Å². The van der Waals surface area contributed by atoms with Crippen LogP contribution in [-0.2, 0) is 0 Å². The molecule has 0 aliphatic heterocycles. The minimum absolute atomic E-state index is 0.0792. The number of phenolic OH excluding ortho intramolecular Hbond substituents is 1. The van der Waals surface area contributed by atoms with Crippen molar-refractivity contribution in [1.82, 2.24) is 0 Å². The van der Waals surface area contributed by atoms with Gasteiger partial charge in [0.25, 0.3) is 0 Å². The number of halogens is 1. The molecule has 0 saturated heterocycles. The monoisotopic (exact) mass is 275 g/mol. The topological polar surface area (TPSA) is 64.7 Å². The molecule has 0 bridgehead atoms. The lowest BCUT2D eigenvalue weighted by Gasteiger charge is -2.10. The van der Waals surface area contributed by atoms with E-state index >= 15 is 0 Å². The molecule has 1 aromatic rings. The smallest absolute Gasteiger partial charge is 0.164 e. The second kappa shape index (κ2) is 5.82. The first-order chi connectivity index (χ1) is 7.19. The van der Waals surface area contributed by atoms with Crippen LogP contribution in [0.15, 0.2) is 16.6 Å². The molecule has 4 nitrogen and oxygen atoms in total. The summed E-state index contributed by atoms with van der Waals surface area (Å²) in [7, 11) is 1.49. The van der Waals surface area contributed by atoms with Gasteiger partial charge < -0.3 is 20.3 Å². The molecule has 1 aromatic carbocycles. The minimum Gasteiger partial charge on any atom is -0.504 e. The van der Waals surface area contributed by atoms with E-state index in [0.29, 0.717) is 29.1 Å². The summed E-state index contributed by atoms with van der Waals surface area (Å²) in [5.41, 5.74) is 5.35. The van der Waals surface area contributed by atoms with Crippen LogP contribution in [0.3, 0.4) is 0 Å². The largest absolute Gasteiger partial charge is 0.504 e. The van der Waals surface area contributed by atoms with Gasteiger partial charge in [0.05, 0.1) is 18.2 Å². The number of methoxy groups -OCH3 is 1. The average Bonchev–Trinajstić information content (AvgIpc) is 2.21. The highest BCUT2D eigenvalue weighted by Gasteiger charge is 2.08. The Kier molecular flexibility index (Phi) is 4.71. The summed E-state index contributed by atoms with van der Waals surface area (Å²) in [6, 6.07) is 3.17. The summed E-state index contributed by atoms with van der Waals surface area (Å²) in [5, 5.41) is 9.46. The molecule has 0 saturated carbocycles. The highest BCUT2D eigenvalue weighted by atomic mass is 79.9. The molecule has 0 heterocycles. The molecule has 3 N–H and O–H groups in total. The van der Waals surface area contributed by atoms with E-state index in [1.54, 1.807) is 6.07 Å². The Morgan fingerprint density at radius 2 is 2.13 bits per heavy atom. The molecule has 84 valence electrons. The Labute approximate surface area is 97.1 Å². The Bertz CT molecular complexity index is 331. The van der Waals surface area contributed by atoms with Crippen LogP contribution in [0.4, 0.5) is 0 Å². The second-order valence-corrected chi connectivity index (χ2v) is 3.80. The van der Waals surface area contributed by atoms with Gasteiger partial charge in [-0.2, -0.15) is 0 Å². The van der Waals surface area contributed by atoms with Crippen molar-refractivity contribution in [2.45, 2.75) is 6.42 Å². The molecule has 1 rings (SSSR count). The van der Waals surface area contributed by atoms with Crippen LogP contribution in [0, 0.1) is 0 Å². The molecular weight excluding hydrogens is 262 g/mol. The third-order valence-corrected chi connectivity index (χ3v) is 2.46. The van der Waals surface area contributed by atoms with Crippen molar-refractivity contribution in [3.8, 4) is 17.2 Å². The predicted octanol–water partition coefficient (Wildman–Crippen LogP) is 1.89. The number of rotatable bonds is 5. The fraction of sp³-hybridized carbons (Fsp3) is 0.400. The second-order valence-electron chi connectivity index (χ2n) is 2.95. The summed E-state index contributed by atoms with van der Waals surface area (Å²) in [6.07, 6.45) is 0.787. The zero-order valence-electron chi connectivity index (χ0n) is 8.50. The number of ether oxygens (including phenoxy) is 2. The van der Waals surface area contributed by atoms with Crippen LogP contribution < -0.4 is 15.2 Å². The maximum absolute atomic E-state index is 9.46. The van der Waals surface area contributed by atoms with E-state index in [1.807, 2.05) is 0 Å². The van der Waals surface area contributed by atoms with Gasteiger partial charge in [-0.3, -0.25) is 0 Å². The van der Waals surface area contributed by atoms with E-state index in [2.05, 4.69) is 15.9 Å². The average molecular weight is 276 g/mol. The fourth-order valence-electron chi connectivity index (χ4n) is 1.06. The Morgan fingerprint density at radius 1 is 1.40 bits per heavy atom. The summed E-state index contributed by atoms with van der Waals surface area (Å²) in [4.78, 5) is 0. The van der Waals surface area contributed by atoms with Gasteiger partial charge in [0, 0.05) is 12.1 Å². The summed E-state index contributed by atoms with van der Waals surface area (Å²) in [5.74, 6) is 1.11. The van der Waals surface area contributed by atoms with Gasteiger partial charge in [0.2, 0.25) is 0 Å². The minimum atomic E-state index is 0.0792. The first kappa shape index (κ1) is 12.1. The maximum atomic E-state index is 9.46. The molecule has 0 aliphatic rings. The van der Waals surface area contributed by atoms with Crippen molar-refractivity contribution in [3.05, 3.63) is 16.6 Å². The van der Waals surface area contributed by atoms with Gasteiger partial charge in [-0.25, -0.2) is 0 Å². The molecule has 0 amide bonds. The van der Waals surface area contributed by atoms with E-state index in [1.165, 1.54) is 13.2 Å². The van der Waals surface area contributed by atoms with Gasteiger partial charge in [-0.05, 0) is 28.9 Å². The maximum Gasteiger partial charge on any atom is 0.164 e. The third kappa shape index (κ3) is 3.28. The number of benzene rings is 1. The fourth-order valence-corrected chi connectivity index (χ4v) is 1.51. The SMILES string of the molecule is COc1cc(OCCCN)c(Br)cc1O. The Hall–Kier alpha value is -0.940. The first-order valence-corrected chi connectivity index (χ1v) is 5.37. The summed E-state index contributed by atoms with van der Waals surface area (Å²) >= 11 is 3.29. The summed E-state index contributed by atoms with van der Waals surface area (Å²) in [6.45, 7) is 1.13. The van der Waals surface area contributed by atoms with Crippen molar-refractivity contribution in [2.75, 3.05) is 20.3 Å². The van der Waals surface area contributed by atoms with Gasteiger partial charge >= 0.3 is 0 Å². The molecule has 0 atom stereocenters. The predicted molar refractivity (Wildman–Crippen MR) is 61.5 cm³/mol. The molecule has 0 aromatic heterocycles. The number of hydrogen-bond acceptors (Lipinski definition) is 4. The highest BCUT2D eigenvalue weighted by molar-refractivity contribution is 9.10. The zero-order valence-corrected chi connectivity index (χ0v) is 10.1. The molecule has 15 heavy (non-hydrogen) atoms. The first-order valence-electron chi connectivity index (χ1n) is 4.58. The highest BCUT2D eigenvalue weighted by Crippen LogP contribution is 2.36. The van der Waals surface area contributed by atoms with Crippen LogP contribution in [0.1, 0.15) is 6.42 Å². The molecule has 0 fully saturated rings. The Balaban J connectivity index is 2.78.